The van der Waals surface area contributed by atoms with Crippen molar-refractivity contribution in [1.29, 1.82) is 0 Å². The zero-order chi connectivity index (χ0) is 14.9. The van der Waals surface area contributed by atoms with Crippen LogP contribution in [-0.2, 0) is 20.6 Å². The first-order valence-corrected chi connectivity index (χ1v) is 6.95. The van der Waals surface area contributed by atoms with Crippen LogP contribution in [0.25, 0.3) is 0 Å². The summed E-state index contributed by atoms with van der Waals surface area (Å²) in [6, 6.07) is 5.88. The molecule has 0 bridgehead atoms. The van der Waals surface area contributed by atoms with E-state index in [0.29, 0.717) is 12.1 Å². The molecule has 0 spiro atoms. The molecule has 0 fully saturated rings. The number of hydrogen-bond acceptors (Lipinski definition) is 3. The predicted octanol–water partition coefficient (Wildman–Crippen LogP) is 1.77. The molecule has 0 atom stereocenters. The number of benzene rings is 1. The van der Waals surface area contributed by atoms with E-state index >= 15 is 0 Å². The molecule has 6 heteroatoms. The highest BCUT2D eigenvalue weighted by atomic mass is 79.9. The molecule has 1 aromatic carbocycles. The Hall–Kier alpha value is -1.82. The lowest BCUT2D eigenvalue weighted by molar-refractivity contribution is 0.671. The molecule has 0 radical (unpaired) electrons. The molecule has 0 unspecified atom stereocenters. The van der Waals surface area contributed by atoms with Gasteiger partial charge in [0.25, 0.3) is 5.56 Å². The molecule has 1 N–H and O–H groups in total. The van der Waals surface area contributed by atoms with Crippen LogP contribution in [0.3, 0.4) is 0 Å². The van der Waals surface area contributed by atoms with Crippen LogP contribution >= 0.6 is 15.9 Å². The number of halogens is 1. The number of hydrogen-bond donors (Lipinski definition) is 1. The molecular formula is C14H16BrN3O2. The summed E-state index contributed by atoms with van der Waals surface area (Å²) in [5.41, 5.74) is 1.98. The van der Waals surface area contributed by atoms with Gasteiger partial charge in [-0.2, -0.15) is 0 Å². The molecule has 5 nitrogen and oxygen atoms in total. The molecule has 106 valence electrons. The molecule has 0 saturated carbocycles. The zero-order valence-corrected chi connectivity index (χ0v) is 13.2. The van der Waals surface area contributed by atoms with E-state index in [4.69, 9.17) is 0 Å². The van der Waals surface area contributed by atoms with Gasteiger partial charge in [-0.05, 0) is 34.5 Å². The van der Waals surface area contributed by atoms with Crippen LogP contribution in [0.4, 0.5) is 5.69 Å². The molecule has 0 amide bonds. The highest BCUT2D eigenvalue weighted by Gasteiger charge is 2.08. The van der Waals surface area contributed by atoms with E-state index < -0.39 is 0 Å². The van der Waals surface area contributed by atoms with Crippen molar-refractivity contribution in [3.05, 3.63) is 60.8 Å². The summed E-state index contributed by atoms with van der Waals surface area (Å²) in [6.07, 6.45) is 1.57. The maximum absolute atomic E-state index is 12.0. The Labute approximate surface area is 125 Å². The standard InChI is InChI=1S/C14H16BrN3O2/c1-9-5-4-6-11(12(9)15)16-7-10-8-17(2)14(20)18(3)13(10)19/h4-6,8,16H,7H2,1-3H3. The third-order valence-electron chi connectivity index (χ3n) is 3.18. The summed E-state index contributed by atoms with van der Waals surface area (Å²) in [6.45, 7) is 2.36. The van der Waals surface area contributed by atoms with Gasteiger partial charge < -0.3 is 9.88 Å². The molecule has 1 heterocycles. The lowest BCUT2D eigenvalue weighted by Crippen LogP contribution is -2.38. The van der Waals surface area contributed by atoms with Gasteiger partial charge in [0, 0.05) is 37.0 Å². The molecule has 20 heavy (non-hydrogen) atoms. The summed E-state index contributed by atoms with van der Waals surface area (Å²) < 4.78 is 3.49. The Morgan fingerprint density at radius 1 is 1.25 bits per heavy atom. The third kappa shape index (κ3) is 2.70. The van der Waals surface area contributed by atoms with E-state index in [-0.39, 0.29) is 11.2 Å². The van der Waals surface area contributed by atoms with Crippen LogP contribution in [-0.4, -0.2) is 9.13 Å². The van der Waals surface area contributed by atoms with E-state index in [1.807, 2.05) is 25.1 Å². The monoisotopic (exact) mass is 337 g/mol. The van der Waals surface area contributed by atoms with Crippen molar-refractivity contribution in [1.82, 2.24) is 9.13 Å². The molecule has 1 aromatic heterocycles. The minimum atomic E-state index is -0.324. The Bertz CT molecular complexity index is 762. The largest absolute Gasteiger partial charge is 0.380 e. The van der Waals surface area contributed by atoms with Crippen molar-refractivity contribution in [2.45, 2.75) is 13.5 Å². The van der Waals surface area contributed by atoms with Gasteiger partial charge in [-0.25, -0.2) is 4.79 Å². The topological polar surface area (TPSA) is 56.0 Å². The minimum Gasteiger partial charge on any atom is -0.380 e. The summed E-state index contributed by atoms with van der Waals surface area (Å²) in [4.78, 5) is 23.6. The number of nitrogens with zero attached hydrogens (tertiary/aromatic N) is 2. The van der Waals surface area contributed by atoms with Crippen molar-refractivity contribution in [3.63, 3.8) is 0 Å². The second kappa shape index (κ2) is 5.66. The minimum absolute atomic E-state index is 0.274. The summed E-state index contributed by atoms with van der Waals surface area (Å²) >= 11 is 3.51. The average Bonchev–Trinajstić information content (AvgIpc) is 2.43. The molecule has 0 aliphatic carbocycles. The van der Waals surface area contributed by atoms with Crippen molar-refractivity contribution >= 4 is 21.6 Å². The Balaban J connectivity index is 2.31. The van der Waals surface area contributed by atoms with Crippen LogP contribution in [0.2, 0.25) is 0 Å². The lowest BCUT2D eigenvalue weighted by Gasteiger charge is -2.11. The molecule has 0 aliphatic rings. The SMILES string of the molecule is Cc1cccc(NCc2cn(C)c(=O)n(C)c2=O)c1Br. The van der Waals surface area contributed by atoms with Gasteiger partial charge in [0.1, 0.15) is 0 Å². The Morgan fingerprint density at radius 2 is 1.95 bits per heavy atom. The van der Waals surface area contributed by atoms with Crippen LogP contribution in [0.1, 0.15) is 11.1 Å². The normalized spacial score (nSPS) is 10.6. The van der Waals surface area contributed by atoms with Gasteiger partial charge in [-0.3, -0.25) is 9.36 Å². The molecule has 2 rings (SSSR count). The fourth-order valence-corrected chi connectivity index (χ4v) is 2.38. The summed E-state index contributed by atoms with van der Waals surface area (Å²) in [5.74, 6) is 0. The first kappa shape index (κ1) is 14.6. The van der Waals surface area contributed by atoms with E-state index in [1.54, 1.807) is 13.2 Å². The van der Waals surface area contributed by atoms with Crippen LogP contribution < -0.4 is 16.6 Å². The maximum atomic E-state index is 12.0. The van der Waals surface area contributed by atoms with Crippen molar-refractivity contribution < 1.29 is 0 Å². The summed E-state index contributed by atoms with van der Waals surface area (Å²) in [7, 11) is 3.12. The van der Waals surface area contributed by atoms with Gasteiger partial charge in [0.2, 0.25) is 0 Å². The number of anilines is 1. The van der Waals surface area contributed by atoms with Crippen LogP contribution in [0.5, 0.6) is 0 Å². The van der Waals surface area contributed by atoms with Crippen molar-refractivity contribution in [2.24, 2.45) is 14.1 Å². The number of aromatic nitrogens is 2. The lowest BCUT2D eigenvalue weighted by atomic mass is 10.2. The van der Waals surface area contributed by atoms with Crippen molar-refractivity contribution in [2.75, 3.05) is 5.32 Å². The number of aryl methyl sites for hydroxylation is 2. The van der Waals surface area contributed by atoms with E-state index in [0.717, 1.165) is 20.3 Å². The van der Waals surface area contributed by atoms with E-state index in [9.17, 15) is 9.59 Å². The second-order valence-corrected chi connectivity index (χ2v) is 5.49. The van der Waals surface area contributed by atoms with E-state index in [2.05, 4.69) is 21.2 Å². The zero-order valence-electron chi connectivity index (χ0n) is 11.6. The van der Waals surface area contributed by atoms with Gasteiger partial charge in [-0.1, -0.05) is 12.1 Å². The predicted molar refractivity (Wildman–Crippen MR) is 83.1 cm³/mol. The Kier molecular flexibility index (Phi) is 4.13. The van der Waals surface area contributed by atoms with E-state index in [1.165, 1.54) is 11.6 Å². The maximum Gasteiger partial charge on any atom is 0.330 e. The fourth-order valence-electron chi connectivity index (χ4n) is 1.98. The number of nitrogens with one attached hydrogen (secondary N) is 1. The van der Waals surface area contributed by atoms with Gasteiger partial charge >= 0.3 is 5.69 Å². The molecule has 2 aromatic rings. The Morgan fingerprint density at radius 3 is 2.65 bits per heavy atom. The molecule has 0 saturated heterocycles. The van der Waals surface area contributed by atoms with Gasteiger partial charge in [0.05, 0.1) is 5.56 Å². The molecule has 0 aliphatic heterocycles. The van der Waals surface area contributed by atoms with Gasteiger partial charge in [0.15, 0.2) is 0 Å². The third-order valence-corrected chi connectivity index (χ3v) is 4.23. The highest BCUT2D eigenvalue weighted by Crippen LogP contribution is 2.25. The highest BCUT2D eigenvalue weighted by molar-refractivity contribution is 9.10. The van der Waals surface area contributed by atoms with Crippen molar-refractivity contribution in [3.8, 4) is 0 Å². The second-order valence-electron chi connectivity index (χ2n) is 4.70. The average molecular weight is 338 g/mol. The fraction of sp³-hybridized carbons (Fsp3) is 0.286. The first-order chi connectivity index (χ1) is 9.41. The van der Waals surface area contributed by atoms with Crippen LogP contribution in [0.15, 0.2) is 38.5 Å². The quantitative estimate of drug-likeness (QED) is 0.928. The van der Waals surface area contributed by atoms with Crippen LogP contribution in [0, 0.1) is 6.92 Å². The number of rotatable bonds is 3. The first-order valence-electron chi connectivity index (χ1n) is 6.16. The van der Waals surface area contributed by atoms with Gasteiger partial charge in [-0.15, -0.1) is 0 Å². The summed E-state index contributed by atoms with van der Waals surface area (Å²) in [5, 5.41) is 3.21. The smallest absolute Gasteiger partial charge is 0.330 e. The molecular weight excluding hydrogens is 322 g/mol.